The molecule has 2 nitrogen and oxygen atoms in total. The first kappa shape index (κ1) is 12.8. The van der Waals surface area contributed by atoms with Crippen LogP contribution in [-0.4, -0.2) is 4.98 Å². The molecular weight excluding hydrogens is 305 g/mol. The summed E-state index contributed by atoms with van der Waals surface area (Å²) in [5.74, 6) is 1.22. The van der Waals surface area contributed by atoms with Gasteiger partial charge in [-0.25, -0.2) is 0 Å². The third-order valence-electron chi connectivity index (χ3n) is 2.81. The van der Waals surface area contributed by atoms with Gasteiger partial charge < -0.3 is 4.42 Å². The molecule has 0 aliphatic carbocycles. The summed E-state index contributed by atoms with van der Waals surface area (Å²) in [5, 5.41) is 1.54. The van der Waals surface area contributed by atoms with Crippen molar-refractivity contribution in [2.24, 2.45) is 0 Å². The Labute approximate surface area is 124 Å². The van der Waals surface area contributed by atoms with Crippen molar-refractivity contribution >= 4 is 45.7 Å². The molecule has 1 aromatic carbocycles. The molecule has 0 fully saturated rings. The predicted octanol–water partition coefficient (Wildman–Crippen LogP) is 5.62. The zero-order chi connectivity index (χ0) is 13.4. The van der Waals surface area contributed by atoms with Crippen LogP contribution < -0.4 is 0 Å². The van der Waals surface area contributed by atoms with Crippen molar-refractivity contribution in [1.29, 1.82) is 0 Å². The molecule has 2 heterocycles. The molecule has 0 N–H and O–H groups in total. The Morgan fingerprint density at radius 1 is 1.05 bits per heavy atom. The summed E-state index contributed by atoms with van der Waals surface area (Å²) < 4.78 is 5.59. The number of alkyl halides is 2. The van der Waals surface area contributed by atoms with Crippen LogP contribution in [0.25, 0.3) is 22.2 Å². The first-order chi connectivity index (χ1) is 9.15. The molecule has 0 atom stereocenters. The van der Waals surface area contributed by atoms with Crippen molar-refractivity contribution in [2.45, 2.75) is 4.84 Å². The summed E-state index contributed by atoms with van der Waals surface area (Å²) in [7, 11) is 0. The molecule has 0 unspecified atom stereocenters. The maximum Gasteiger partial charge on any atom is 0.165 e. The highest BCUT2D eigenvalue weighted by molar-refractivity contribution is 6.43. The van der Waals surface area contributed by atoms with Crippen LogP contribution in [0, 0.1) is 0 Å². The fraction of sp³-hybridized carbons (Fsp3) is 0.0714. The lowest BCUT2D eigenvalue weighted by Gasteiger charge is -2.02. The van der Waals surface area contributed by atoms with Gasteiger partial charge in [-0.2, -0.15) is 0 Å². The fourth-order valence-electron chi connectivity index (χ4n) is 1.89. The molecule has 3 aromatic rings. The van der Waals surface area contributed by atoms with Gasteiger partial charge in [0.05, 0.1) is 10.5 Å². The third-order valence-corrected chi connectivity index (χ3v) is 3.57. The fourth-order valence-corrected chi connectivity index (χ4v) is 2.33. The van der Waals surface area contributed by atoms with E-state index in [1.54, 1.807) is 18.3 Å². The minimum Gasteiger partial charge on any atom is -0.458 e. The van der Waals surface area contributed by atoms with Gasteiger partial charge >= 0.3 is 0 Å². The van der Waals surface area contributed by atoms with Crippen molar-refractivity contribution in [1.82, 2.24) is 4.98 Å². The standard InChI is InChI=1S/C14H8Cl3NO/c15-10-5-6-18-11-2-1-8(7-9(10)11)12-3-4-13(19-12)14(16)17/h1-7,14H. The SMILES string of the molecule is Clc1ccnc2ccc(-c3ccc(C(Cl)Cl)o3)cc12. The zero-order valence-corrected chi connectivity index (χ0v) is 11.9. The number of fused-ring (bicyclic) bond motifs is 1. The molecule has 19 heavy (non-hydrogen) atoms. The molecule has 0 aliphatic rings. The Kier molecular flexibility index (Phi) is 3.40. The predicted molar refractivity (Wildman–Crippen MR) is 78.9 cm³/mol. The van der Waals surface area contributed by atoms with E-state index in [0.717, 1.165) is 16.5 Å². The molecule has 3 rings (SSSR count). The number of pyridine rings is 1. The number of nitrogens with zero attached hydrogens (tertiary/aromatic N) is 1. The van der Waals surface area contributed by atoms with Crippen molar-refractivity contribution in [3.63, 3.8) is 0 Å². The van der Waals surface area contributed by atoms with E-state index < -0.39 is 4.84 Å². The van der Waals surface area contributed by atoms with Gasteiger partial charge in [0.25, 0.3) is 0 Å². The first-order valence-electron chi connectivity index (χ1n) is 5.57. The number of rotatable bonds is 2. The highest BCUT2D eigenvalue weighted by Gasteiger charge is 2.11. The summed E-state index contributed by atoms with van der Waals surface area (Å²) in [5.41, 5.74) is 1.75. The number of halogens is 3. The zero-order valence-electron chi connectivity index (χ0n) is 9.61. The van der Waals surface area contributed by atoms with Crippen molar-refractivity contribution < 1.29 is 4.42 Å². The van der Waals surface area contributed by atoms with Gasteiger partial charge in [-0.15, -0.1) is 0 Å². The van der Waals surface area contributed by atoms with E-state index in [-0.39, 0.29) is 0 Å². The number of furan rings is 1. The molecule has 5 heteroatoms. The van der Waals surface area contributed by atoms with Crippen LogP contribution in [0.5, 0.6) is 0 Å². The van der Waals surface area contributed by atoms with Gasteiger partial charge in [-0.05, 0) is 36.4 Å². The monoisotopic (exact) mass is 311 g/mol. The lowest BCUT2D eigenvalue weighted by molar-refractivity contribution is 0.540. The summed E-state index contributed by atoms with van der Waals surface area (Å²) in [6.07, 6.45) is 1.68. The van der Waals surface area contributed by atoms with E-state index in [9.17, 15) is 0 Å². The van der Waals surface area contributed by atoms with Crippen LogP contribution in [0.2, 0.25) is 5.02 Å². The first-order valence-corrected chi connectivity index (χ1v) is 6.83. The van der Waals surface area contributed by atoms with Crippen molar-refractivity contribution in [3.05, 3.63) is 53.4 Å². The molecular formula is C14H8Cl3NO. The summed E-state index contributed by atoms with van der Waals surface area (Å²) in [6, 6.07) is 11.1. The Morgan fingerprint density at radius 2 is 1.89 bits per heavy atom. The Bertz CT molecular complexity index is 736. The molecule has 0 amide bonds. The normalized spacial score (nSPS) is 11.4. The van der Waals surface area contributed by atoms with Gasteiger partial charge in [0.1, 0.15) is 11.5 Å². The van der Waals surface area contributed by atoms with E-state index in [4.69, 9.17) is 39.2 Å². The van der Waals surface area contributed by atoms with E-state index in [2.05, 4.69) is 4.98 Å². The smallest absolute Gasteiger partial charge is 0.165 e. The largest absolute Gasteiger partial charge is 0.458 e. The molecule has 0 aliphatic heterocycles. The van der Waals surface area contributed by atoms with Crippen LogP contribution in [-0.2, 0) is 0 Å². The second kappa shape index (κ2) is 5.04. The Balaban J connectivity index is 2.11. The summed E-state index contributed by atoms with van der Waals surface area (Å²) >= 11 is 17.7. The molecule has 0 saturated heterocycles. The minimum atomic E-state index is -0.667. The van der Waals surface area contributed by atoms with Crippen molar-refractivity contribution in [3.8, 4) is 11.3 Å². The maximum absolute atomic E-state index is 6.16. The molecule has 96 valence electrons. The summed E-state index contributed by atoms with van der Waals surface area (Å²) in [4.78, 5) is 3.59. The number of aromatic nitrogens is 1. The van der Waals surface area contributed by atoms with Gasteiger partial charge in [-0.1, -0.05) is 34.8 Å². The number of hydrogen-bond donors (Lipinski definition) is 0. The minimum absolute atomic E-state index is 0.524. The number of hydrogen-bond acceptors (Lipinski definition) is 2. The van der Waals surface area contributed by atoms with E-state index in [0.29, 0.717) is 16.5 Å². The highest BCUT2D eigenvalue weighted by Crippen LogP contribution is 2.32. The van der Waals surface area contributed by atoms with Crippen molar-refractivity contribution in [2.75, 3.05) is 0 Å². The molecule has 0 saturated carbocycles. The average Bonchev–Trinajstić information content (AvgIpc) is 2.89. The van der Waals surface area contributed by atoms with Crippen LogP contribution in [0.1, 0.15) is 10.6 Å². The third kappa shape index (κ3) is 2.44. The van der Waals surface area contributed by atoms with Crippen LogP contribution in [0.15, 0.2) is 47.0 Å². The van der Waals surface area contributed by atoms with E-state index in [1.165, 1.54) is 0 Å². The van der Waals surface area contributed by atoms with E-state index >= 15 is 0 Å². The van der Waals surface area contributed by atoms with Crippen LogP contribution >= 0.6 is 34.8 Å². The Hall–Kier alpha value is -1.22. The maximum atomic E-state index is 6.16. The lowest BCUT2D eigenvalue weighted by Crippen LogP contribution is -1.81. The average molecular weight is 313 g/mol. The molecule has 2 aromatic heterocycles. The van der Waals surface area contributed by atoms with Gasteiger partial charge in [-0.3, -0.25) is 4.98 Å². The van der Waals surface area contributed by atoms with Gasteiger partial charge in [0.15, 0.2) is 4.84 Å². The van der Waals surface area contributed by atoms with Gasteiger partial charge in [0, 0.05) is 17.1 Å². The summed E-state index contributed by atoms with van der Waals surface area (Å²) in [6.45, 7) is 0. The van der Waals surface area contributed by atoms with E-state index in [1.807, 2.05) is 24.3 Å². The lowest BCUT2D eigenvalue weighted by atomic mass is 10.1. The molecule has 0 bridgehead atoms. The molecule has 0 radical (unpaired) electrons. The second-order valence-corrected chi connectivity index (χ2v) is 5.53. The number of benzene rings is 1. The second-order valence-electron chi connectivity index (χ2n) is 4.03. The quantitative estimate of drug-likeness (QED) is 0.574. The highest BCUT2D eigenvalue weighted by atomic mass is 35.5. The van der Waals surface area contributed by atoms with Crippen LogP contribution in [0.4, 0.5) is 0 Å². The van der Waals surface area contributed by atoms with Gasteiger partial charge in [0.2, 0.25) is 0 Å². The topological polar surface area (TPSA) is 26.0 Å². The Morgan fingerprint density at radius 3 is 2.63 bits per heavy atom. The molecule has 0 spiro atoms. The van der Waals surface area contributed by atoms with Crippen LogP contribution in [0.3, 0.4) is 0 Å².